The fourth-order valence-electron chi connectivity index (χ4n) is 4.39. The zero-order chi connectivity index (χ0) is 20.5. The van der Waals surface area contributed by atoms with E-state index in [-0.39, 0.29) is 11.8 Å². The highest BCUT2D eigenvalue weighted by atomic mass is 16.5. The summed E-state index contributed by atoms with van der Waals surface area (Å²) < 4.78 is 7.47. The van der Waals surface area contributed by atoms with Crippen molar-refractivity contribution in [3.05, 3.63) is 53.0 Å². The molecule has 2 aliphatic rings. The number of hydrogen-bond donors (Lipinski definition) is 2. The van der Waals surface area contributed by atoms with E-state index in [0.29, 0.717) is 37.6 Å². The van der Waals surface area contributed by atoms with Crippen LogP contribution in [0.15, 0.2) is 30.5 Å². The van der Waals surface area contributed by atoms with Gasteiger partial charge in [-0.2, -0.15) is 5.10 Å². The highest BCUT2D eigenvalue weighted by molar-refractivity contribution is 6.06. The van der Waals surface area contributed by atoms with Crippen LogP contribution in [-0.2, 0) is 24.3 Å². The largest absolute Gasteiger partial charge is 0.376 e. The normalized spacial score (nSPS) is 16.1. The number of carbonyl (C=O) groups excluding carboxylic acids is 2. The first-order chi connectivity index (χ1) is 14.7. The highest BCUT2D eigenvalue weighted by Gasteiger charge is 2.29. The third-order valence-electron chi connectivity index (χ3n) is 5.94. The third-order valence-corrected chi connectivity index (χ3v) is 5.94. The fraction of sp³-hybridized carbons (Fsp3) is 0.409. The number of H-pyrrole nitrogens is 1. The van der Waals surface area contributed by atoms with Crippen molar-refractivity contribution < 1.29 is 14.3 Å². The summed E-state index contributed by atoms with van der Waals surface area (Å²) in [6.45, 7) is 3.59. The average Bonchev–Trinajstić information content (AvgIpc) is 3.52. The molecule has 30 heavy (non-hydrogen) atoms. The summed E-state index contributed by atoms with van der Waals surface area (Å²) in [7, 11) is 0. The second kappa shape index (κ2) is 7.95. The fourth-order valence-corrected chi connectivity index (χ4v) is 4.39. The molecular weight excluding hydrogens is 382 g/mol. The second-order valence-corrected chi connectivity index (χ2v) is 7.80. The lowest BCUT2D eigenvalue weighted by Gasteiger charge is -2.17. The first-order valence-electron chi connectivity index (χ1n) is 10.5. The molecular formula is C22H25N5O3. The lowest BCUT2D eigenvalue weighted by Crippen LogP contribution is -2.29. The molecule has 1 saturated heterocycles. The number of aromatic amines is 1. The van der Waals surface area contributed by atoms with Crippen LogP contribution in [-0.4, -0.2) is 57.7 Å². The topological polar surface area (TPSA) is 92.2 Å². The van der Waals surface area contributed by atoms with Crippen molar-refractivity contribution in [1.29, 1.82) is 0 Å². The minimum absolute atomic E-state index is 0.00355. The molecule has 0 unspecified atom stereocenters. The number of ether oxygens (including phenoxy) is 1. The van der Waals surface area contributed by atoms with Gasteiger partial charge in [-0.25, -0.2) is 0 Å². The number of amides is 2. The van der Waals surface area contributed by atoms with Crippen LogP contribution in [0.4, 0.5) is 0 Å². The van der Waals surface area contributed by atoms with E-state index < -0.39 is 0 Å². The van der Waals surface area contributed by atoms with Gasteiger partial charge in [-0.1, -0.05) is 6.07 Å². The molecule has 0 spiro atoms. The van der Waals surface area contributed by atoms with Gasteiger partial charge in [0.05, 0.1) is 19.8 Å². The molecule has 4 heterocycles. The van der Waals surface area contributed by atoms with Crippen LogP contribution in [0.1, 0.15) is 44.9 Å². The van der Waals surface area contributed by atoms with E-state index in [9.17, 15) is 9.59 Å². The smallest absolute Gasteiger partial charge is 0.274 e. The quantitative estimate of drug-likeness (QED) is 0.678. The van der Waals surface area contributed by atoms with Gasteiger partial charge in [0.15, 0.2) is 5.69 Å². The van der Waals surface area contributed by atoms with Gasteiger partial charge >= 0.3 is 0 Å². The molecule has 8 nitrogen and oxygen atoms in total. The Bertz CT molecular complexity index is 1090. The minimum Gasteiger partial charge on any atom is -0.376 e. The minimum atomic E-state index is -0.113. The monoisotopic (exact) mass is 407 g/mol. The standard InChI is InChI=1S/C22H25N5O3/c28-21(16-4-3-5-18-15(16)6-8-23-18)24-9-12-27-19-7-13-30-14-17(19)20(25-27)22(29)26-10-1-2-11-26/h3-6,8,23H,1-2,7,9-14H2,(H,24,28). The lowest BCUT2D eigenvalue weighted by atomic mass is 10.1. The van der Waals surface area contributed by atoms with Crippen molar-refractivity contribution in [1.82, 2.24) is 25.0 Å². The number of benzene rings is 1. The molecule has 8 heteroatoms. The van der Waals surface area contributed by atoms with Crippen LogP contribution in [0.3, 0.4) is 0 Å². The summed E-state index contributed by atoms with van der Waals surface area (Å²) in [6, 6.07) is 7.55. The molecule has 0 aliphatic carbocycles. The number of aromatic nitrogens is 3. The van der Waals surface area contributed by atoms with Crippen LogP contribution < -0.4 is 5.32 Å². The number of nitrogens with one attached hydrogen (secondary N) is 2. The molecule has 2 N–H and O–H groups in total. The summed E-state index contributed by atoms with van der Waals surface area (Å²) in [5.74, 6) is -0.117. The Morgan fingerprint density at radius 3 is 2.93 bits per heavy atom. The van der Waals surface area contributed by atoms with Crippen molar-refractivity contribution >= 4 is 22.7 Å². The van der Waals surface area contributed by atoms with Crippen LogP contribution in [0.25, 0.3) is 10.9 Å². The first-order valence-corrected chi connectivity index (χ1v) is 10.5. The molecule has 0 saturated carbocycles. The summed E-state index contributed by atoms with van der Waals surface area (Å²) in [6.07, 6.45) is 4.65. The van der Waals surface area contributed by atoms with Crippen LogP contribution in [0.5, 0.6) is 0 Å². The Hall–Kier alpha value is -3.13. The van der Waals surface area contributed by atoms with E-state index in [0.717, 1.165) is 54.5 Å². The van der Waals surface area contributed by atoms with Gasteiger partial charge in [0, 0.05) is 60.0 Å². The number of carbonyl (C=O) groups is 2. The predicted molar refractivity (Wildman–Crippen MR) is 111 cm³/mol. The van der Waals surface area contributed by atoms with Gasteiger partial charge in [0.1, 0.15) is 0 Å². The van der Waals surface area contributed by atoms with E-state index in [1.165, 1.54) is 0 Å². The van der Waals surface area contributed by atoms with E-state index in [1.807, 2.05) is 40.0 Å². The summed E-state index contributed by atoms with van der Waals surface area (Å²) >= 11 is 0. The summed E-state index contributed by atoms with van der Waals surface area (Å²) in [4.78, 5) is 30.6. The molecule has 3 aromatic rings. The Kier molecular flexibility index (Phi) is 5.00. The Labute approximate surface area is 174 Å². The average molecular weight is 407 g/mol. The van der Waals surface area contributed by atoms with Crippen molar-refractivity contribution in [3.63, 3.8) is 0 Å². The molecule has 2 amide bonds. The maximum Gasteiger partial charge on any atom is 0.274 e. The molecule has 0 atom stereocenters. The highest BCUT2D eigenvalue weighted by Crippen LogP contribution is 2.23. The van der Waals surface area contributed by atoms with Gasteiger partial charge in [-0.05, 0) is 31.0 Å². The maximum absolute atomic E-state index is 12.9. The molecule has 1 aromatic carbocycles. The zero-order valence-corrected chi connectivity index (χ0v) is 16.8. The molecule has 2 aliphatic heterocycles. The lowest BCUT2D eigenvalue weighted by molar-refractivity contribution is 0.0772. The van der Waals surface area contributed by atoms with Gasteiger partial charge in [-0.3, -0.25) is 14.3 Å². The maximum atomic E-state index is 12.9. The molecule has 0 bridgehead atoms. The van der Waals surface area contributed by atoms with Gasteiger partial charge in [0.25, 0.3) is 11.8 Å². The van der Waals surface area contributed by atoms with Crippen LogP contribution >= 0.6 is 0 Å². The van der Waals surface area contributed by atoms with Crippen LogP contribution in [0, 0.1) is 0 Å². The molecule has 0 radical (unpaired) electrons. The molecule has 2 aromatic heterocycles. The molecule has 1 fully saturated rings. The van der Waals surface area contributed by atoms with E-state index in [4.69, 9.17) is 4.74 Å². The third kappa shape index (κ3) is 3.37. The van der Waals surface area contributed by atoms with Gasteiger partial charge in [0.2, 0.25) is 0 Å². The van der Waals surface area contributed by atoms with Crippen molar-refractivity contribution in [2.45, 2.75) is 32.4 Å². The molecule has 156 valence electrons. The van der Waals surface area contributed by atoms with E-state index in [1.54, 1.807) is 0 Å². The van der Waals surface area contributed by atoms with Crippen molar-refractivity contribution in [2.24, 2.45) is 0 Å². The number of fused-ring (bicyclic) bond motifs is 2. The number of nitrogens with zero attached hydrogens (tertiary/aromatic N) is 3. The van der Waals surface area contributed by atoms with Gasteiger partial charge in [-0.15, -0.1) is 0 Å². The predicted octanol–water partition coefficient (Wildman–Crippen LogP) is 2.10. The number of hydrogen-bond acceptors (Lipinski definition) is 4. The number of likely N-dealkylation sites (tertiary alicyclic amines) is 1. The first kappa shape index (κ1) is 18.9. The van der Waals surface area contributed by atoms with Crippen molar-refractivity contribution in [3.8, 4) is 0 Å². The van der Waals surface area contributed by atoms with Crippen molar-refractivity contribution in [2.75, 3.05) is 26.2 Å². The second-order valence-electron chi connectivity index (χ2n) is 7.80. The Balaban J connectivity index is 1.31. The number of rotatable bonds is 5. The van der Waals surface area contributed by atoms with E-state index in [2.05, 4.69) is 15.4 Å². The summed E-state index contributed by atoms with van der Waals surface area (Å²) in [5.41, 5.74) is 4.05. The SMILES string of the molecule is O=C(NCCn1nc(C(=O)N2CCCC2)c2c1CCOC2)c1cccc2[nH]ccc12. The van der Waals surface area contributed by atoms with Crippen LogP contribution in [0.2, 0.25) is 0 Å². The van der Waals surface area contributed by atoms with E-state index >= 15 is 0 Å². The Morgan fingerprint density at radius 1 is 1.20 bits per heavy atom. The summed E-state index contributed by atoms with van der Waals surface area (Å²) in [5, 5.41) is 8.53. The molecule has 5 rings (SSSR count). The Morgan fingerprint density at radius 2 is 2.07 bits per heavy atom. The zero-order valence-electron chi connectivity index (χ0n) is 16.8. The van der Waals surface area contributed by atoms with Gasteiger partial charge < -0.3 is 19.9 Å².